The van der Waals surface area contributed by atoms with Gasteiger partial charge < -0.3 is 61.3 Å². The van der Waals surface area contributed by atoms with Gasteiger partial charge in [-0.1, -0.05) is 0 Å². The molecule has 15 nitrogen and oxygen atoms in total. The van der Waals surface area contributed by atoms with E-state index in [0.717, 1.165) is 0 Å². The average Bonchev–Trinajstić information content (AvgIpc) is 2.85. The lowest BCUT2D eigenvalue weighted by Crippen LogP contribution is -2.69. The minimum absolute atomic E-state index is 0.0820. The van der Waals surface area contributed by atoms with Gasteiger partial charge in [-0.25, -0.2) is 0 Å². The largest absolute Gasteiger partial charge is 0.466 e. The molecule has 3 amide bonds. The van der Waals surface area contributed by atoms with Crippen LogP contribution < -0.4 is 27.0 Å². The van der Waals surface area contributed by atoms with Crippen molar-refractivity contribution in [3.8, 4) is 0 Å². The van der Waals surface area contributed by atoms with Gasteiger partial charge in [0, 0.05) is 20.8 Å². The first kappa shape index (κ1) is 32.1. The van der Waals surface area contributed by atoms with Crippen molar-refractivity contribution >= 4 is 17.7 Å². The third kappa shape index (κ3) is 7.67. The molecular formula is C25H43N5O10. The third-order valence-electron chi connectivity index (χ3n) is 7.26. The predicted octanol–water partition coefficient (Wildman–Crippen LogP) is -3.32. The Balaban J connectivity index is 1.91. The molecule has 1 aliphatic carbocycles. The number of carbonyl (C=O) groups excluding carboxylic acids is 3. The van der Waals surface area contributed by atoms with Gasteiger partial charge in [-0.15, -0.1) is 0 Å². The van der Waals surface area contributed by atoms with Crippen LogP contribution in [0.1, 0.15) is 40.5 Å². The zero-order chi connectivity index (χ0) is 29.8. The van der Waals surface area contributed by atoms with Crippen LogP contribution in [0.3, 0.4) is 0 Å². The fourth-order valence-corrected chi connectivity index (χ4v) is 5.53. The van der Waals surface area contributed by atoms with E-state index in [2.05, 4.69) is 21.3 Å². The maximum Gasteiger partial charge on any atom is 0.220 e. The number of carbonyl (C=O) groups is 3. The van der Waals surface area contributed by atoms with Crippen molar-refractivity contribution in [2.75, 3.05) is 20.2 Å². The molecule has 1 saturated carbocycles. The first-order valence-electron chi connectivity index (χ1n) is 13.3. The van der Waals surface area contributed by atoms with Crippen molar-refractivity contribution in [2.24, 2.45) is 5.73 Å². The lowest BCUT2D eigenvalue weighted by Gasteiger charge is -2.49. The minimum Gasteiger partial charge on any atom is -0.466 e. The van der Waals surface area contributed by atoms with E-state index in [-0.39, 0.29) is 25.5 Å². The number of aliphatic hydroxyl groups excluding tert-OH is 2. The standard InChI is InChI=1S/C25H43N5O10/c1-11(31)28-15-7-6-14(9-26)38-23(15)39-20-16(29-12(2)32)8-17(30-13(3)33)21(18(20)34)40-24-19(35)22(27-5)25(4,36)10-37-24/h6,15-24,27,34-36H,7-10,26H2,1-5H3,(H,28,31)(H,29,32)(H,30,33)/t15-,16+,17-,18+,19-,20-,21+,22-,23-,24-,25+/m1/s1. The number of aliphatic hydroxyl groups is 3. The second-order valence-electron chi connectivity index (χ2n) is 10.7. The number of nitrogens with two attached hydrogens (primary N) is 1. The lowest BCUT2D eigenvalue weighted by atomic mass is 9.82. The van der Waals surface area contributed by atoms with Gasteiger partial charge in [0.25, 0.3) is 0 Å². The van der Waals surface area contributed by atoms with Crippen molar-refractivity contribution < 1.29 is 48.7 Å². The second kappa shape index (κ2) is 13.5. The molecule has 11 atom stereocenters. The Morgan fingerprint density at radius 2 is 1.50 bits per heavy atom. The van der Waals surface area contributed by atoms with Crippen LogP contribution in [0.2, 0.25) is 0 Å². The van der Waals surface area contributed by atoms with Crippen LogP contribution in [-0.2, 0) is 33.3 Å². The SMILES string of the molecule is CN[C@@H]1[C@@H](O)[C@@H](O[C@@H]2[C@@H](O)[C@H](O[C@H]3OC(CN)=CC[C@H]3NC(C)=O)[C@@H](NC(C)=O)C[C@H]2NC(C)=O)OC[C@]1(C)O. The van der Waals surface area contributed by atoms with E-state index in [1.807, 2.05) is 0 Å². The summed E-state index contributed by atoms with van der Waals surface area (Å²) in [5, 5.41) is 44.2. The average molecular weight is 574 g/mol. The highest BCUT2D eigenvalue weighted by Gasteiger charge is 2.52. The highest BCUT2D eigenvalue weighted by Crippen LogP contribution is 2.32. The van der Waals surface area contributed by atoms with Gasteiger partial charge in [0.05, 0.1) is 37.3 Å². The van der Waals surface area contributed by atoms with Gasteiger partial charge >= 0.3 is 0 Å². The molecule has 15 heteroatoms. The summed E-state index contributed by atoms with van der Waals surface area (Å²) in [6, 6.07) is -3.07. The monoisotopic (exact) mass is 573 g/mol. The van der Waals surface area contributed by atoms with E-state index >= 15 is 0 Å². The number of hydrogen-bond donors (Lipinski definition) is 8. The van der Waals surface area contributed by atoms with Crippen LogP contribution in [-0.4, -0.2) is 120 Å². The van der Waals surface area contributed by atoms with Crippen molar-refractivity contribution in [3.63, 3.8) is 0 Å². The number of nitrogens with one attached hydrogen (secondary N) is 4. The molecule has 0 spiro atoms. The quantitative estimate of drug-likeness (QED) is 0.136. The van der Waals surface area contributed by atoms with Crippen molar-refractivity contribution in [3.05, 3.63) is 11.8 Å². The maximum atomic E-state index is 12.1. The smallest absolute Gasteiger partial charge is 0.220 e. The Morgan fingerprint density at radius 3 is 2.00 bits per heavy atom. The molecule has 0 aromatic carbocycles. The Bertz CT molecular complexity index is 949. The normalized spacial score (nSPS) is 39.9. The summed E-state index contributed by atoms with van der Waals surface area (Å²) < 4.78 is 23.8. The number of ether oxygens (including phenoxy) is 4. The lowest BCUT2D eigenvalue weighted by molar-refractivity contribution is -0.304. The first-order chi connectivity index (χ1) is 18.8. The summed E-state index contributed by atoms with van der Waals surface area (Å²) in [5.74, 6) is -0.699. The van der Waals surface area contributed by atoms with Crippen molar-refractivity contribution in [1.29, 1.82) is 0 Å². The molecule has 2 heterocycles. The Labute approximate surface area is 233 Å². The van der Waals surface area contributed by atoms with Gasteiger partial charge in [-0.05, 0) is 32.9 Å². The van der Waals surface area contributed by atoms with Crippen LogP contribution in [0.4, 0.5) is 0 Å². The molecule has 0 bridgehead atoms. The second-order valence-corrected chi connectivity index (χ2v) is 10.7. The molecular weight excluding hydrogens is 530 g/mol. The summed E-state index contributed by atoms with van der Waals surface area (Å²) in [6.07, 6.45) is -5.32. The summed E-state index contributed by atoms with van der Waals surface area (Å²) in [4.78, 5) is 36.0. The number of rotatable bonds is 9. The Hall–Kier alpha value is -2.37. The van der Waals surface area contributed by atoms with E-state index in [4.69, 9.17) is 24.7 Å². The Kier molecular flexibility index (Phi) is 10.9. The van der Waals surface area contributed by atoms with Crippen LogP contribution in [0.25, 0.3) is 0 Å². The molecule has 1 saturated heterocycles. The highest BCUT2D eigenvalue weighted by atomic mass is 16.7. The third-order valence-corrected chi connectivity index (χ3v) is 7.26. The van der Waals surface area contributed by atoms with Gasteiger partial charge in [0.15, 0.2) is 6.29 Å². The summed E-state index contributed by atoms with van der Waals surface area (Å²) in [7, 11) is 1.57. The summed E-state index contributed by atoms with van der Waals surface area (Å²) in [6.45, 7) is 5.37. The number of amides is 3. The van der Waals surface area contributed by atoms with Gasteiger partial charge in [-0.2, -0.15) is 0 Å². The van der Waals surface area contributed by atoms with Crippen molar-refractivity contribution in [2.45, 2.75) is 107 Å². The van der Waals surface area contributed by atoms with Crippen LogP contribution >= 0.6 is 0 Å². The fraction of sp³-hybridized carbons (Fsp3) is 0.800. The molecule has 0 aromatic heterocycles. The van der Waals surface area contributed by atoms with E-state index in [0.29, 0.717) is 12.2 Å². The van der Waals surface area contributed by atoms with E-state index in [1.54, 1.807) is 13.1 Å². The molecule has 2 aliphatic heterocycles. The van der Waals surface area contributed by atoms with E-state index in [9.17, 15) is 29.7 Å². The summed E-state index contributed by atoms with van der Waals surface area (Å²) >= 11 is 0. The molecule has 40 heavy (non-hydrogen) atoms. The number of likely N-dealkylation sites (N-methyl/N-ethyl adjacent to an activating group) is 1. The molecule has 9 N–H and O–H groups in total. The molecule has 2 fully saturated rings. The maximum absolute atomic E-state index is 12.1. The Morgan fingerprint density at radius 1 is 0.975 bits per heavy atom. The van der Waals surface area contributed by atoms with Gasteiger partial charge in [-0.3, -0.25) is 14.4 Å². The minimum atomic E-state index is -1.48. The topological polar surface area (TPSA) is 223 Å². The van der Waals surface area contributed by atoms with Crippen LogP contribution in [0, 0.1) is 0 Å². The van der Waals surface area contributed by atoms with E-state index < -0.39 is 78.6 Å². The molecule has 228 valence electrons. The van der Waals surface area contributed by atoms with Gasteiger partial charge in [0.1, 0.15) is 35.8 Å². The molecule has 0 aromatic rings. The molecule has 3 aliphatic rings. The van der Waals surface area contributed by atoms with Crippen LogP contribution in [0.5, 0.6) is 0 Å². The fourth-order valence-electron chi connectivity index (χ4n) is 5.53. The van der Waals surface area contributed by atoms with Crippen molar-refractivity contribution in [1.82, 2.24) is 21.3 Å². The van der Waals surface area contributed by atoms with E-state index in [1.165, 1.54) is 27.7 Å². The first-order valence-corrected chi connectivity index (χ1v) is 13.3. The molecule has 0 radical (unpaired) electrons. The highest BCUT2D eigenvalue weighted by molar-refractivity contribution is 5.74. The zero-order valence-corrected chi connectivity index (χ0v) is 23.5. The predicted molar refractivity (Wildman–Crippen MR) is 139 cm³/mol. The van der Waals surface area contributed by atoms with Crippen LogP contribution in [0.15, 0.2) is 11.8 Å². The van der Waals surface area contributed by atoms with Gasteiger partial charge in [0.2, 0.25) is 24.0 Å². The summed E-state index contributed by atoms with van der Waals surface area (Å²) in [5.41, 5.74) is 4.35. The number of hydrogen-bond acceptors (Lipinski definition) is 12. The molecule has 3 rings (SSSR count). The molecule has 0 unspecified atom stereocenters. The zero-order valence-electron chi connectivity index (χ0n) is 23.5.